The summed E-state index contributed by atoms with van der Waals surface area (Å²) in [5.74, 6) is -0.367. The minimum Gasteiger partial charge on any atom is -0.462 e. The summed E-state index contributed by atoms with van der Waals surface area (Å²) in [6.45, 7) is 4.29. The van der Waals surface area contributed by atoms with Crippen molar-refractivity contribution in [2.75, 3.05) is 26.4 Å². The number of allylic oxidation sites excluding steroid dienone is 6. The van der Waals surface area contributed by atoms with Crippen LogP contribution in [0.1, 0.15) is 201 Å². The van der Waals surface area contributed by atoms with E-state index in [1.807, 2.05) is 0 Å². The number of phosphoric acid groups is 1. The molecule has 0 rings (SSSR count). The second kappa shape index (κ2) is 44.3. The van der Waals surface area contributed by atoms with Crippen molar-refractivity contribution in [1.29, 1.82) is 0 Å². The Balaban J connectivity index is 4.44. The molecule has 380 valence electrons. The first kappa shape index (κ1) is 62.8. The predicted molar refractivity (Wildman–Crippen MR) is 260 cm³/mol. The van der Waals surface area contributed by atoms with E-state index in [-0.39, 0.29) is 25.7 Å². The van der Waals surface area contributed by atoms with E-state index in [2.05, 4.69) is 25.3 Å². The third kappa shape index (κ3) is 42.9. The third-order valence-corrected chi connectivity index (χ3v) is 12.3. The predicted octanol–water partition coefficient (Wildman–Crippen LogP) is 10.8. The number of aliphatic hydroxyl groups excluding tert-OH is 5. The maximum Gasteiger partial charge on any atom is 0.472 e. The van der Waals surface area contributed by atoms with Gasteiger partial charge in [0.15, 0.2) is 6.10 Å². The topological polar surface area (TPSA) is 210 Å². The molecule has 6 N–H and O–H groups in total. The van der Waals surface area contributed by atoms with Crippen LogP contribution in [0.3, 0.4) is 0 Å². The van der Waals surface area contributed by atoms with Crippen LogP contribution in [0.25, 0.3) is 0 Å². The molecule has 0 spiro atoms. The highest BCUT2D eigenvalue weighted by Gasteiger charge is 2.27. The number of esters is 2. The lowest BCUT2D eigenvalue weighted by Gasteiger charge is -2.20. The van der Waals surface area contributed by atoms with Crippen molar-refractivity contribution < 1.29 is 63.1 Å². The van der Waals surface area contributed by atoms with Gasteiger partial charge in [-0.05, 0) is 31.6 Å². The minimum atomic E-state index is -4.72. The van der Waals surface area contributed by atoms with Gasteiger partial charge >= 0.3 is 19.8 Å². The molecule has 0 aromatic rings. The summed E-state index contributed by atoms with van der Waals surface area (Å²) in [5.41, 5.74) is 0. The zero-order valence-corrected chi connectivity index (χ0v) is 41.6. The number of phosphoric ester groups is 1. The Bertz CT molecular complexity index is 1290. The molecule has 0 radical (unpaired) electrons. The highest BCUT2D eigenvalue weighted by Crippen LogP contribution is 2.43. The molecule has 0 aliphatic heterocycles. The Kier molecular flexibility index (Phi) is 42.8. The van der Waals surface area contributed by atoms with Crippen LogP contribution in [0.2, 0.25) is 0 Å². The zero-order chi connectivity index (χ0) is 48.2. The zero-order valence-electron chi connectivity index (χ0n) is 40.7. The van der Waals surface area contributed by atoms with Crippen LogP contribution < -0.4 is 0 Å². The fraction of sp³-hybridized carbons (Fsp3) is 0.804. The van der Waals surface area contributed by atoms with E-state index in [9.17, 15) is 39.5 Å². The Hall–Kier alpha value is -2.19. The number of hydrogen-bond acceptors (Lipinski definition) is 12. The van der Waals surface area contributed by atoms with E-state index in [1.54, 1.807) is 42.5 Å². The van der Waals surface area contributed by atoms with Crippen LogP contribution in [-0.2, 0) is 32.7 Å². The van der Waals surface area contributed by atoms with Crippen LogP contribution in [0.4, 0.5) is 0 Å². The second-order valence-electron chi connectivity index (χ2n) is 17.7. The van der Waals surface area contributed by atoms with Gasteiger partial charge in [-0.15, -0.1) is 0 Å². The molecule has 0 saturated heterocycles. The minimum absolute atomic E-state index is 0.0673. The standard InChI is InChI=1S/C51H93O13P/c1-4-6-27-34-45(53)35-29-24-21-22-25-30-36-48(55)49(56)37-32-39-51(58)64-47(43-63-65(59,60)62-41-46(54)40-52)42-61-50(57)38-31-26-20-18-16-14-12-10-8-7-9-11-13-15-17-19-23-28-33-44(3)5-2/h21-22,24-25,29-30,35-36,44-49,52-56H,4-20,23,26-28,31-34,37-43H2,1-3H3,(H,59,60)/b24-21-,25-22+,35-29+,36-30+/t44?,45-,46-,47+,48-,49-/m0/s1. The maximum atomic E-state index is 12.7. The smallest absolute Gasteiger partial charge is 0.462 e. The second-order valence-corrected chi connectivity index (χ2v) is 19.1. The number of carbonyl (C=O) groups is 2. The van der Waals surface area contributed by atoms with Gasteiger partial charge in [-0.3, -0.25) is 18.6 Å². The van der Waals surface area contributed by atoms with E-state index < -0.39 is 76.7 Å². The summed E-state index contributed by atoms with van der Waals surface area (Å²) in [6, 6.07) is 0. The Morgan fingerprint density at radius 3 is 1.57 bits per heavy atom. The van der Waals surface area contributed by atoms with Gasteiger partial charge < -0.3 is 39.9 Å². The van der Waals surface area contributed by atoms with Crippen molar-refractivity contribution >= 4 is 19.8 Å². The molecule has 2 unspecified atom stereocenters. The van der Waals surface area contributed by atoms with Gasteiger partial charge in [-0.1, -0.05) is 211 Å². The molecule has 0 aromatic heterocycles. The van der Waals surface area contributed by atoms with E-state index in [0.717, 1.165) is 50.9 Å². The van der Waals surface area contributed by atoms with Crippen molar-refractivity contribution in [3.05, 3.63) is 48.6 Å². The summed E-state index contributed by atoms with van der Waals surface area (Å²) in [7, 11) is -4.72. The normalized spacial score (nSPS) is 16.0. The van der Waals surface area contributed by atoms with Gasteiger partial charge in [0.05, 0.1) is 38.1 Å². The molecular weight excluding hydrogens is 852 g/mol. The van der Waals surface area contributed by atoms with Gasteiger partial charge in [0, 0.05) is 12.8 Å². The van der Waals surface area contributed by atoms with Crippen LogP contribution >= 0.6 is 7.82 Å². The molecular formula is C51H93O13P. The van der Waals surface area contributed by atoms with Crippen LogP contribution in [0.5, 0.6) is 0 Å². The first-order valence-electron chi connectivity index (χ1n) is 25.3. The van der Waals surface area contributed by atoms with Gasteiger partial charge in [-0.25, -0.2) is 4.57 Å². The summed E-state index contributed by atoms with van der Waals surface area (Å²) in [5, 5.41) is 49.0. The van der Waals surface area contributed by atoms with Crippen molar-refractivity contribution in [3.63, 3.8) is 0 Å². The van der Waals surface area contributed by atoms with E-state index >= 15 is 0 Å². The molecule has 0 aliphatic carbocycles. The molecule has 13 nitrogen and oxygen atoms in total. The molecule has 0 amide bonds. The molecule has 0 aliphatic rings. The summed E-state index contributed by atoms with van der Waals surface area (Å²) < 4.78 is 32.6. The van der Waals surface area contributed by atoms with Gasteiger partial charge in [-0.2, -0.15) is 0 Å². The Morgan fingerprint density at radius 1 is 0.554 bits per heavy atom. The number of aliphatic hydroxyl groups is 5. The van der Waals surface area contributed by atoms with Crippen LogP contribution in [0.15, 0.2) is 48.6 Å². The van der Waals surface area contributed by atoms with Gasteiger partial charge in [0.2, 0.25) is 0 Å². The molecule has 0 heterocycles. The van der Waals surface area contributed by atoms with Crippen molar-refractivity contribution in [2.45, 2.75) is 231 Å². The first-order valence-corrected chi connectivity index (χ1v) is 26.8. The van der Waals surface area contributed by atoms with E-state index in [1.165, 1.54) is 109 Å². The fourth-order valence-electron chi connectivity index (χ4n) is 6.94. The largest absolute Gasteiger partial charge is 0.472 e. The lowest BCUT2D eigenvalue weighted by Crippen LogP contribution is -2.30. The summed E-state index contributed by atoms with van der Waals surface area (Å²) >= 11 is 0. The van der Waals surface area contributed by atoms with Crippen molar-refractivity contribution in [2.24, 2.45) is 5.92 Å². The highest BCUT2D eigenvalue weighted by molar-refractivity contribution is 7.47. The number of hydrogen-bond donors (Lipinski definition) is 6. The van der Waals surface area contributed by atoms with Gasteiger partial charge in [0.25, 0.3) is 0 Å². The van der Waals surface area contributed by atoms with Gasteiger partial charge in [0.1, 0.15) is 12.7 Å². The third-order valence-electron chi connectivity index (χ3n) is 11.4. The fourth-order valence-corrected chi connectivity index (χ4v) is 7.73. The number of unbranched alkanes of at least 4 members (excludes halogenated alkanes) is 19. The molecule has 0 aromatic carbocycles. The number of rotatable bonds is 46. The van der Waals surface area contributed by atoms with Crippen molar-refractivity contribution in [3.8, 4) is 0 Å². The molecule has 14 heteroatoms. The van der Waals surface area contributed by atoms with Crippen LogP contribution in [-0.4, -0.2) is 99.3 Å². The quantitative estimate of drug-likeness (QED) is 0.0145. The highest BCUT2D eigenvalue weighted by atomic mass is 31.2. The average molecular weight is 945 g/mol. The lowest BCUT2D eigenvalue weighted by atomic mass is 9.99. The first-order chi connectivity index (χ1) is 31.3. The number of ether oxygens (including phenoxy) is 2. The summed E-state index contributed by atoms with van der Waals surface area (Å²) in [6.07, 6.45) is 37.2. The average Bonchev–Trinajstić information content (AvgIpc) is 3.29. The number of carbonyl (C=O) groups excluding carboxylic acids is 2. The maximum absolute atomic E-state index is 12.7. The molecule has 0 bridgehead atoms. The molecule has 7 atom stereocenters. The van der Waals surface area contributed by atoms with E-state index in [0.29, 0.717) is 6.42 Å². The molecule has 65 heavy (non-hydrogen) atoms. The monoisotopic (exact) mass is 945 g/mol. The van der Waals surface area contributed by atoms with E-state index in [4.69, 9.17) is 19.1 Å². The Labute approximate surface area is 393 Å². The summed E-state index contributed by atoms with van der Waals surface area (Å²) in [4.78, 5) is 35.2. The molecule has 0 saturated carbocycles. The SMILES string of the molecule is CCCCC[C@H](O)/C=C/C=C\C=C\C=C\[C@H](O)[C@@H](O)CCCC(=O)O[C@H](COC(=O)CCCCCCCCCCCCCCCCCCCCC(C)CC)COP(=O)(O)OC[C@@H](O)CO. The van der Waals surface area contributed by atoms with Crippen molar-refractivity contribution in [1.82, 2.24) is 0 Å². The molecule has 0 fully saturated rings. The van der Waals surface area contributed by atoms with Crippen LogP contribution in [0, 0.1) is 5.92 Å². The lowest BCUT2D eigenvalue weighted by molar-refractivity contribution is -0.161. The Morgan fingerprint density at radius 2 is 1.03 bits per heavy atom.